The lowest BCUT2D eigenvalue weighted by molar-refractivity contribution is 0.902. The first-order chi connectivity index (χ1) is 5.40. The third kappa shape index (κ3) is 1.22. The van der Waals surface area contributed by atoms with Crippen molar-refractivity contribution in [3.05, 3.63) is 30.4 Å². The predicted molar refractivity (Wildman–Crippen MR) is 45.0 cm³/mol. The van der Waals surface area contributed by atoms with Crippen LogP contribution in [-0.2, 0) is 0 Å². The van der Waals surface area contributed by atoms with E-state index in [1.807, 2.05) is 6.07 Å². The number of nitriles is 1. The summed E-state index contributed by atoms with van der Waals surface area (Å²) in [5.74, 6) is 0. The molecule has 0 aliphatic heterocycles. The minimum absolute atomic E-state index is 0. The molecule has 2 heterocycles. The Hall–Kier alpha value is -1.60. The smallest absolute Gasteiger partial charge is 0.136 e. The second kappa shape index (κ2) is 3.20. The number of aromatic nitrogens is 3. The molecule has 0 saturated heterocycles. The Labute approximate surface area is 74.9 Å². The van der Waals surface area contributed by atoms with Crippen molar-refractivity contribution in [1.82, 2.24) is 14.6 Å². The van der Waals surface area contributed by atoms with Crippen molar-refractivity contribution in [2.24, 2.45) is 0 Å². The SMILES string of the molecule is Cl.N#Cc1cc2cncnn2c1. The van der Waals surface area contributed by atoms with Crippen molar-refractivity contribution in [2.45, 2.75) is 0 Å². The van der Waals surface area contributed by atoms with E-state index in [-0.39, 0.29) is 12.4 Å². The lowest BCUT2D eigenvalue weighted by Crippen LogP contribution is -1.87. The van der Waals surface area contributed by atoms with E-state index < -0.39 is 0 Å². The van der Waals surface area contributed by atoms with E-state index in [0.29, 0.717) is 5.56 Å². The van der Waals surface area contributed by atoms with E-state index in [4.69, 9.17) is 5.26 Å². The minimum Gasteiger partial charge on any atom is -0.241 e. The number of hydrogen-bond acceptors (Lipinski definition) is 3. The maximum Gasteiger partial charge on any atom is 0.136 e. The molecule has 0 N–H and O–H groups in total. The normalized spacial score (nSPS) is 8.92. The Kier molecular flexibility index (Phi) is 2.26. The summed E-state index contributed by atoms with van der Waals surface area (Å²) in [6.07, 6.45) is 4.76. The highest BCUT2D eigenvalue weighted by Crippen LogP contribution is 2.04. The number of nitrogens with zero attached hydrogens (tertiary/aromatic N) is 4. The van der Waals surface area contributed by atoms with Crippen molar-refractivity contribution in [3.8, 4) is 6.07 Å². The van der Waals surface area contributed by atoms with Gasteiger partial charge in [-0.3, -0.25) is 0 Å². The lowest BCUT2D eigenvalue weighted by atomic mass is 10.4. The Bertz CT molecular complexity index is 395. The second-order valence-electron chi connectivity index (χ2n) is 2.12. The summed E-state index contributed by atoms with van der Waals surface area (Å²) in [7, 11) is 0. The van der Waals surface area contributed by atoms with E-state index in [9.17, 15) is 0 Å². The molecule has 0 unspecified atom stereocenters. The van der Waals surface area contributed by atoms with Gasteiger partial charge in [-0.05, 0) is 6.07 Å². The molecule has 0 amide bonds. The fourth-order valence-electron chi connectivity index (χ4n) is 0.922. The topological polar surface area (TPSA) is 54.0 Å². The lowest BCUT2D eigenvalue weighted by Gasteiger charge is -1.86. The molecule has 0 bridgehead atoms. The van der Waals surface area contributed by atoms with E-state index in [2.05, 4.69) is 10.1 Å². The molecule has 2 aromatic heterocycles. The highest BCUT2D eigenvalue weighted by atomic mass is 35.5. The maximum atomic E-state index is 8.53. The average molecular weight is 181 g/mol. The fraction of sp³-hybridized carbons (Fsp3) is 0. The molecule has 12 heavy (non-hydrogen) atoms. The van der Waals surface area contributed by atoms with Crippen LogP contribution in [0.3, 0.4) is 0 Å². The second-order valence-corrected chi connectivity index (χ2v) is 2.12. The molecular formula is C7H5ClN4. The molecule has 2 rings (SSSR count). The zero-order valence-electron chi connectivity index (χ0n) is 6.01. The van der Waals surface area contributed by atoms with Gasteiger partial charge in [-0.2, -0.15) is 10.4 Å². The molecular weight excluding hydrogens is 176 g/mol. The molecule has 5 heteroatoms. The monoisotopic (exact) mass is 180 g/mol. The van der Waals surface area contributed by atoms with Gasteiger partial charge in [-0.1, -0.05) is 0 Å². The van der Waals surface area contributed by atoms with Gasteiger partial charge < -0.3 is 0 Å². The molecule has 0 fully saturated rings. The van der Waals surface area contributed by atoms with Crippen LogP contribution in [0.25, 0.3) is 5.52 Å². The molecule has 2 aromatic rings. The van der Waals surface area contributed by atoms with Crippen LogP contribution in [-0.4, -0.2) is 14.6 Å². The van der Waals surface area contributed by atoms with Crippen LogP contribution in [0.15, 0.2) is 24.8 Å². The first-order valence-electron chi connectivity index (χ1n) is 3.08. The summed E-state index contributed by atoms with van der Waals surface area (Å²) >= 11 is 0. The minimum atomic E-state index is 0. The highest BCUT2D eigenvalue weighted by Gasteiger charge is 1.96. The summed E-state index contributed by atoms with van der Waals surface area (Å²) in [4.78, 5) is 3.82. The zero-order chi connectivity index (χ0) is 7.68. The molecule has 4 nitrogen and oxygen atoms in total. The third-order valence-electron chi connectivity index (χ3n) is 1.41. The Morgan fingerprint density at radius 3 is 3.00 bits per heavy atom. The van der Waals surface area contributed by atoms with E-state index in [1.54, 1.807) is 23.0 Å². The van der Waals surface area contributed by atoms with Crippen LogP contribution < -0.4 is 0 Å². The molecule has 0 aliphatic rings. The Morgan fingerprint density at radius 2 is 2.33 bits per heavy atom. The maximum absolute atomic E-state index is 8.53. The van der Waals surface area contributed by atoms with Crippen LogP contribution in [0.2, 0.25) is 0 Å². The first-order valence-corrected chi connectivity index (χ1v) is 3.08. The first kappa shape index (κ1) is 8.50. The van der Waals surface area contributed by atoms with Crippen LogP contribution in [0.4, 0.5) is 0 Å². The van der Waals surface area contributed by atoms with Crippen molar-refractivity contribution in [2.75, 3.05) is 0 Å². The van der Waals surface area contributed by atoms with Gasteiger partial charge in [0, 0.05) is 6.20 Å². The van der Waals surface area contributed by atoms with Gasteiger partial charge in [0.1, 0.15) is 12.4 Å². The molecule has 0 atom stereocenters. The van der Waals surface area contributed by atoms with Gasteiger partial charge in [0.15, 0.2) is 0 Å². The highest BCUT2D eigenvalue weighted by molar-refractivity contribution is 5.85. The van der Waals surface area contributed by atoms with Gasteiger partial charge in [0.2, 0.25) is 0 Å². The van der Waals surface area contributed by atoms with Gasteiger partial charge in [-0.25, -0.2) is 9.50 Å². The molecule has 0 spiro atoms. The van der Waals surface area contributed by atoms with Gasteiger partial charge in [0.25, 0.3) is 0 Å². The molecule has 0 aliphatic carbocycles. The van der Waals surface area contributed by atoms with E-state index >= 15 is 0 Å². The molecule has 0 radical (unpaired) electrons. The van der Waals surface area contributed by atoms with Crippen LogP contribution in [0.1, 0.15) is 5.56 Å². The zero-order valence-corrected chi connectivity index (χ0v) is 6.82. The van der Waals surface area contributed by atoms with Crippen molar-refractivity contribution < 1.29 is 0 Å². The third-order valence-corrected chi connectivity index (χ3v) is 1.41. The predicted octanol–water partition coefficient (Wildman–Crippen LogP) is 1.02. The standard InChI is InChI=1S/C7H4N4.ClH/c8-2-6-1-7-3-9-5-10-11(7)4-6;/h1,3-5H;1H. The van der Waals surface area contributed by atoms with Crippen LogP contribution in [0, 0.1) is 11.3 Å². The van der Waals surface area contributed by atoms with Crippen molar-refractivity contribution in [3.63, 3.8) is 0 Å². The quantitative estimate of drug-likeness (QED) is 0.608. The number of halogens is 1. The Balaban J connectivity index is 0.000000720. The van der Waals surface area contributed by atoms with Crippen LogP contribution >= 0.6 is 12.4 Å². The van der Waals surface area contributed by atoms with Crippen LogP contribution in [0.5, 0.6) is 0 Å². The Morgan fingerprint density at radius 1 is 1.50 bits per heavy atom. The summed E-state index contributed by atoms with van der Waals surface area (Å²) < 4.78 is 1.62. The van der Waals surface area contributed by atoms with Gasteiger partial charge in [-0.15, -0.1) is 12.4 Å². The number of rotatable bonds is 0. The van der Waals surface area contributed by atoms with Gasteiger partial charge >= 0.3 is 0 Å². The van der Waals surface area contributed by atoms with Crippen molar-refractivity contribution >= 4 is 17.9 Å². The summed E-state index contributed by atoms with van der Waals surface area (Å²) in [6.45, 7) is 0. The van der Waals surface area contributed by atoms with Gasteiger partial charge in [0.05, 0.1) is 17.3 Å². The van der Waals surface area contributed by atoms with Crippen molar-refractivity contribution in [1.29, 1.82) is 5.26 Å². The number of fused-ring (bicyclic) bond motifs is 1. The average Bonchev–Trinajstić information content (AvgIpc) is 2.46. The molecule has 0 aromatic carbocycles. The fourth-order valence-corrected chi connectivity index (χ4v) is 0.922. The van der Waals surface area contributed by atoms with E-state index in [0.717, 1.165) is 5.52 Å². The molecule has 60 valence electrons. The summed E-state index contributed by atoms with van der Waals surface area (Å²) in [5, 5.41) is 12.4. The summed E-state index contributed by atoms with van der Waals surface area (Å²) in [6, 6.07) is 3.76. The largest absolute Gasteiger partial charge is 0.241 e. The van der Waals surface area contributed by atoms with E-state index in [1.165, 1.54) is 6.33 Å². The number of hydrogen-bond donors (Lipinski definition) is 0. The summed E-state index contributed by atoms with van der Waals surface area (Å²) in [5.41, 5.74) is 1.44. The molecule has 0 saturated carbocycles.